The van der Waals surface area contributed by atoms with Gasteiger partial charge in [0.15, 0.2) is 0 Å². The maximum atomic E-state index is 12.2. The van der Waals surface area contributed by atoms with Gasteiger partial charge < -0.3 is 9.42 Å². The topological polar surface area (TPSA) is 118 Å². The summed E-state index contributed by atoms with van der Waals surface area (Å²) in [7, 11) is 0. The molecule has 1 amide bonds. The highest BCUT2D eigenvalue weighted by molar-refractivity contribution is 5.92. The van der Waals surface area contributed by atoms with E-state index in [4.69, 9.17) is 4.52 Å². The second kappa shape index (κ2) is 5.69. The third-order valence-corrected chi connectivity index (χ3v) is 3.80. The highest BCUT2D eigenvalue weighted by Gasteiger charge is 2.36. The van der Waals surface area contributed by atoms with Crippen LogP contribution in [0.2, 0.25) is 0 Å². The standard InChI is InChI=1S/C15H12N6O3/c22-12-2-1-11(18-19-12)15(23)21-7-10(8-21)14-17-13(20-24-14)9-3-5-16-6-4-9/h1-6,10H,7-8H2,(H,19,22). The smallest absolute Gasteiger partial charge is 0.274 e. The molecule has 0 atom stereocenters. The van der Waals surface area contributed by atoms with Gasteiger partial charge in [-0.1, -0.05) is 5.16 Å². The van der Waals surface area contributed by atoms with Crippen LogP contribution in [0, 0.1) is 0 Å². The first-order valence-corrected chi connectivity index (χ1v) is 7.30. The Balaban J connectivity index is 1.43. The fraction of sp³-hybridized carbons (Fsp3) is 0.200. The van der Waals surface area contributed by atoms with Crippen molar-refractivity contribution >= 4 is 5.91 Å². The van der Waals surface area contributed by atoms with E-state index < -0.39 is 0 Å². The second-order valence-electron chi connectivity index (χ2n) is 5.41. The van der Waals surface area contributed by atoms with Gasteiger partial charge in [0.2, 0.25) is 11.7 Å². The number of H-pyrrole nitrogens is 1. The molecular formula is C15H12N6O3. The maximum Gasteiger partial charge on any atom is 0.274 e. The number of aromatic nitrogens is 5. The van der Waals surface area contributed by atoms with E-state index in [9.17, 15) is 9.59 Å². The molecule has 1 aliphatic heterocycles. The van der Waals surface area contributed by atoms with E-state index in [0.29, 0.717) is 24.8 Å². The predicted octanol–water partition coefficient (Wildman–Crippen LogP) is 0.454. The van der Waals surface area contributed by atoms with Gasteiger partial charge in [-0.2, -0.15) is 10.1 Å². The average Bonchev–Trinajstić information content (AvgIpc) is 3.04. The van der Waals surface area contributed by atoms with E-state index in [0.717, 1.165) is 5.56 Å². The van der Waals surface area contributed by atoms with Gasteiger partial charge in [-0.25, -0.2) is 5.10 Å². The number of aromatic amines is 1. The Morgan fingerprint density at radius 1 is 1.21 bits per heavy atom. The van der Waals surface area contributed by atoms with Crippen LogP contribution < -0.4 is 5.56 Å². The summed E-state index contributed by atoms with van der Waals surface area (Å²) in [6.07, 6.45) is 3.32. The number of carbonyl (C=O) groups excluding carboxylic acids is 1. The molecule has 0 aliphatic carbocycles. The summed E-state index contributed by atoms with van der Waals surface area (Å²) < 4.78 is 5.29. The van der Waals surface area contributed by atoms with Crippen molar-refractivity contribution in [2.75, 3.05) is 13.1 Å². The Morgan fingerprint density at radius 2 is 2.00 bits per heavy atom. The number of carbonyl (C=O) groups is 1. The molecule has 4 rings (SSSR count). The van der Waals surface area contributed by atoms with Gasteiger partial charge in [0.1, 0.15) is 5.69 Å². The number of amides is 1. The number of hydrogen-bond donors (Lipinski definition) is 1. The largest absolute Gasteiger partial charge is 0.339 e. The molecule has 9 nitrogen and oxygen atoms in total. The molecule has 120 valence electrons. The van der Waals surface area contributed by atoms with Crippen LogP contribution in [0.4, 0.5) is 0 Å². The minimum Gasteiger partial charge on any atom is -0.339 e. The van der Waals surface area contributed by atoms with Crippen LogP contribution in [0.1, 0.15) is 22.3 Å². The van der Waals surface area contributed by atoms with E-state index in [2.05, 4.69) is 25.3 Å². The van der Waals surface area contributed by atoms with Crippen molar-refractivity contribution < 1.29 is 9.32 Å². The summed E-state index contributed by atoms with van der Waals surface area (Å²) in [6.45, 7) is 0.940. The Hall–Kier alpha value is -3.36. The van der Waals surface area contributed by atoms with Crippen LogP contribution in [0.3, 0.4) is 0 Å². The minimum atomic E-state index is -0.345. The molecule has 1 fully saturated rings. The van der Waals surface area contributed by atoms with Gasteiger partial charge in [0.05, 0.1) is 5.92 Å². The fourth-order valence-corrected chi connectivity index (χ4v) is 2.45. The first kappa shape index (κ1) is 14.2. The molecule has 24 heavy (non-hydrogen) atoms. The third-order valence-electron chi connectivity index (χ3n) is 3.80. The lowest BCUT2D eigenvalue weighted by molar-refractivity contribution is 0.0562. The summed E-state index contributed by atoms with van der Waals surface area (Å²) in [5, 5.41) is 9.94. The number of nitrogens with one attached hydrogen (secondary N) is 1. The van der Waals surface area contributed by atoms with Crippen molar-refractivity contribution in [2.45, 2.75) is 5.92 Å². The van der Waals surface area contributed by atoms with Crippen LogP contribution >= 0.6 is 0 Å². The number of rotatable bonds is 3. The van der Waals surface area contributed by atoms with E-state index in [1.165, 1.54) is 12.1 Å². The van der Waals surface area contributed by atoms with Gasteiger partial charge in [0, 0.05) is 37.1 Å². The van der Waals surface area contributed by atoms with Gasteiger partial charge >= 0.3 is 0 Å². The van der Waals surface area contributed by atoms with Crippen molar-refractivity contribution in [3.8, 4) is 11.4 Å². The molecule has 1 N–H and O–H groups in total. The van der Waals surface area contributed by atoms with Crippen LogP contribution in [0.15, 0.2) is 46.0 Å². The Bertz CT molecular complexity index is 909. The summed E-state index contributed by atoms with van der Waals surface area (Å²) in [4.78, 5) is 33.1. The zero-order chi connectivity index (χ0) is 16.5. The van der Waals surface area contributed by atoms with Crippen LogP contribution in [0.5, 0.6) is 0 Å². The molecule has 0 radical (unpaired) electrons. The minimum absolute atomic E-state index is 0.000187. The monoisotopic (exact) mass is 324 g/mol. The van der Waals surface area contributed by atoms with E-state index in [-0.39, 0.29) is 23.1 Å². The molecule has 4 heterocycles. The van der Waals surface area contributed by atoms with Crippen molar-refractivity contribution in [2.24, 2.45) is 0 Å². The Morgan fingerprint density at radius 3 is 2.71 bits per heavy atom. The highest BCUT2D eigenvalue weighted by atomic mass is 16.5. The van der Waals surface area contributed by atoms with Crippen LogP contribution in [-0.4, -0.2) is 49.2 Å². The lowest BCUT2D eigenvalue weighted by Gasteiger charge is -2.36. The van der Waals surface area contributed by atoms with Crippen molar-refractivity contribution in [1.82, 2.24) is 30.2 Å². The predicted molar refractivity (Wildman–Crippen MR) is 81.0 cm³/mol. The molecule has 3 aromatic rings. The number of hydrogen-bond acceptors (Lipinski definition) is 7. The molecule has 3 aromatic heterocycles. The molecule has 0 spiro atoms. The third kappa shape index (κ3) is 2.56. The first-order valence-electron chi connectivity index (χ1n) is 7.30. The normalized spacial score (nSPS) is 14.4. The molecule has 0 bridgehead atoms. The van der Waals surface area contributed by atoms with Gasteiger partial charge in [-0.05, 0) is 18.2 Å². The first-order chi connectivity index (χ1) is 11.7. The van der Waals surface area contributed by atoms with Gasteiger partial charge in [0.25, 0.3) is 11.5 Å². The lowest BCUT2D eigenvalue weighted by Crippen LogP contribution is -2.49. The van der Waals surface area contributed by atoms with Crippen molar-refractivity contribution in [3.05, 3.63) is 58.6 Å². The number of likely N-dealkylation sites (tertiary alicyclic amines) is 1. The molecule has 0 saturated carbocycles. The fourth-order valence-electron chi connectivity index (χ4n) is 2.45. The van der Waals surface area contributed by atoms with E-state index in [1.54, 1.807) is 29.4 Å². The van der Waals surface area contributed by atoms with Crippen LogP contribution in [-0.2, 0) is 0 Å². The molecule has 0 aromatic carbocycles. The number of pyridine rings is 1. The SMILES string of the molecule is O=C(c1ccc(=O)[nH]n1)N1CC(c2nc(-c3ccncc3)no2)C1. The average molecular weight is 324 g/mol. The summed E-state index contributed by atoms with van der Waals surface area (Å²) in [5.74, 6) is 0.760. The molecule has 1 aliphatic rings. The number of nitrogens with zero attached hydrogens (tertiary/aromatic N) is 5. The molecule has 0 unspecified atom stereocenters. The maximum absolute atomic E-state index is 12.2. The highest BCUT2D eigenvalue weighted by Crippen LogP contribution is 2.28. The molecular weight excluding hydrogens is 312 g/mol. The van der Waals surface area contributed by atoms with Crippen LogP contribution in [0.25, 0.3) is 11.4 Å². The zero-order valence-electron chi connectivity index (χ0n) is 12.4. The summed E-state index contributed by atoms with van der Waals surface area (Å²) in [5.41, 5.74) is 0.684. The molecule has 1 saturated heterocycles. The Kier molecular flexibility index (Phi) is 3.38. The Labute approximate surface area is 135 Å². The summed E-state index contributed by atoms with van der Waals surface area (Å²) in [6, 6.07) is 6.28. The lowest BCUT2D eigenvalue weighted by atomic mass is 9.99. The van der Waals surface area contributed by atoms with Crippen molar-refractivity contribution in [1.29, 1.82) is 0 Å². The zero-order valence-corrected chi connectivity index (χ0v) is 12.4. The van der Waals surface area contributed by atoms with E-state index in [1.807, 2.05) is 0 Å². The molecule has 9 heteroatoms. The van der Waals surface area contributed by atoms with Crippen molar-refractivity contribution in [3.63, 3.8) is 0 Å². The van der Waals surface area contributed by atoms with Gasteiger partial charge in [-0.15, -0.1) is 0 Å². The summed E-state index contributed by atoms with van der Waals surface area (Å²) >= 11 is 0. The second-order valence-corrected chi connectivity index (χ2v) is 5.41. The quantitative estimate of drug-likeness (QED) is 0.743. The van der Waals surface area contributed by atoms with Gasteiger partial charge in [-0.3, -0.25) is 14.6 Å². The van der Waals surface area contributed by atoms with E-state index >= 15 is 0 Å².